The standard InChI is InChI=1S/C14H17FN6O2.C7H8FN/c15-10-7-20(12-6-11(13(16)22)17-8-18-12)5-2-9(10)14(23)21-4-1-3-19-21;8-7-3-1-2-6(4-7)5-9/h3,6,8-10H,1-2,4-5,7H2,(H2,16,22);1-4H,5,9H2. The van der Waals surface area contributed by atoms with Gasteiger partial charge in [-0.15, -0.1) is 0 Å². The third-order valence-corrected chi connectivity index (χ3v) is 5.16. The van der Waals surface area contributed by atoms with E-state index in [9.17, 15) is 18.4 Å². The molecular formula is C21H25F2N7O2. The van der Waals surface area contributed by atoms with E-state index >= 15 is 0 Å². The number of carbonyl (C=O) groups is 2. The summed E-state index contributed by atoms with van der Waals surface area (Å²) in [4.78, 5) is 32.9. The Kier molecular flexibility index (Phi) is 7.77. The van der Waals surface area contributed by atoms with E-state index in [0.29, 0.717) is 38.3 Å². The van der Waals surface area contributed by atoms with Gasteiger partial charge in [0.25, 0.3) is 5.91 Å². The van der Waals surface area contributed by atoms with Crippen LogP contribution < -0.4 is 16.4 Å². The van der Waals surface area contributed by atoms with Crippen LogP contribution in [0.5, 0.6) is 0 Å². The Morgan fingerprint density at radius 2 is 2.00 bits per heavy atom. The van der Waals surface area contributed by atoms with Crippen LogP contribution in [0.2, 0.25) is 0 Å². The number of hydrogen-bond acceptors (Lipinski definition) is 7. The van der Waals surface area contributed by atoms with Crippen molar-refractivity contribution < 1.29 is 18.4 Å². The number of hydrazone groups is 1. The number of anilines is 1. The predicted octanol–water partition coefficient (Wildman–Crippen LogP) is 1.24. The maximum atomic E-state index is 14.5. The van der Waals surface area contributed by atoms with Crippen LogP contribution in [0.25, 0.3) is 0 Å². The molecule has 11 heteroatoms. The van der Waals surface area contributed by atoms with E-state index in [1.54, 1.807) is 23.2 Å². The first-order valence-corrected chi connectivity index (χ1v) is 10.2. The highest BCUT2D eigenvalue weighted by Gasteiger charge is 2.37. The number of hydrogen-bond donors (Lipinski definition) is 2. The SMILES string of the molecule is NC(=O)c1cc(N2CCC(C(=O)N3CCC=N3)C(F)C2)ncn1.NCc1cccc(F)c1. The zero-order chi connectivity index (χ0) is 23.1. The minimum atomic E-state index is -1.32. The highest BCUT2D eigenvalue weighted by atomic mass is 19.1. The molecule has 3 heterocycles. The first kappa shape index (κ1) is 23.2. The molecule has 1 fully saturated rings. The molecule has 0 bridgehead atoms. The molecule has 170 valence electrons. The third kappa shape index (κ3) is 5.82. The first-order chi connectivity index (χ1) is 15.4. The quantitative estimate of drug-likeness (QED) is 0.728. The first-order valence-electron chi connectivity index (χ1n) is 10.2. The van der Waals surface area contributed by atoms with Crippen LogP contribution in [-0.4, -0.2) is 58.8 Å². The van der Waals surface area contributed by atoms with E-state index in [1.165, 1.54) is 29.5 Å². The van der Waals surface area contributed by atoms with E-state index in [4.69, 9.17) is 11.5 Å². The van der Waals surface area contributed by atoms with E-state index in [-0.39, 0.29) is 24.0 Å². The second kappa shape index (κ2) is 10.7. The molecule has 9 nitrogen and oxygen atoms in total. The van der Waals surface area contributed by atoms with Crippen LogP contribution in [-0.2, 0) is 11.3 Å². The van der Waals surface area contributed by atoms with Crippen LogP contribution in [0.3, 0.4) is 0 Å². The molecule has 0 saturated carbocycles. The zero-order valence-electron chi connectivity index (χ0n) is 17.4. The molecule has 1 aromatic heterocycles. The van der Waals surface area contributed by atoms with Crippen LogP contribution in [0, 0.1) is 11.7 Å². The molecule has 1 aromatic carbocycles. The number of amides is 2. The largest absolute Gasteiger partial charge is 0.364 e. The summed E-state index contributed by atoms with van der Waals surface area (Å²) in [7, 11) is 0. The van der Waals surface area contributed by atoms with Crippen LogP contribution in [0.4, 0.5) is 14.6 Å². The van der Waals surface area contributed by atoms with Gasteiger partial charge in [-0.3, -0.25) is 9.59 Å². The molecule has 0 aliphatic carbocycles. The Balaban J connectivity index is 0.000000269. The summed E-state index contributed by atoms with van der Waals surface area (Å²) in [6.45, 7) is 1.41. The van der Waals surface area contributed by atoms with Gasteiger partial charge in [0.05, 0.1) is 12.5 Å². The number of halogens is 2. The third-order valence-electron chi connectivity index (χ3n) is 5.16. The predicted molar refractivity (Wildman–Crippen MR) is 115 cm³/mol. The van der Waals surface area contributed by atoms with Gasteiger partial charge in [-0.05, 0) is 24.1 Å². The van der Waals surface area contributed by atoms with E-state index in [1.807, 2.05) is 0 Å². The summed E-state index contributed by atoms with van der Waals surface area (Å²) in [5.41, 5.74) is 11.3. The van der Waals surface area contributed by atoms with Gasteiger partial charge >= 0.3 is 0 Å². The summed E-state index contributed by atoms with van der Waals surface area (Å²) >= 11 is 0. The van der Waals surface area contributed by atoms with E-state index < -0.39 is 18.0 Å². The fourth-order valence-electron chi connectivity index (χ4n) is 3.46. The fraction of sp³-hybridized carbons (Fsp3) is 0.381. The molecule has 2 aliphatic rings. The van der Waals surface area contributed by atoms with Crippen LogP contribution in [0.1, 0.15) is 28.9 Å². The number of aromatic nitrogens is 2. The number of benzene rings is 1. The summed E-state index contributed by atoms with van der Waals surface area (Å²) < 4.78 is 26.8. The Hall–Kier alpha value is -3.47. The lowest BCUT2D eigenvalue weighted by Crippen LogP contribution is -2.48. The van der Waals surface area contributed by atoms with Crippen molar-refractivity contribution in [2.75, 3.05) is 24.5 Å². The average Bonchev–Trinajstić information content (AvgIpc) is 3.34. The molecule has 2 aromatic rings. The van der Waals surface area contributed by atoms with Gasteiger partial charge in [0, 0.05) is 38.3 Å². The molecule has 2 unspecified atom stereocenters. The number of alkyl halides is 1. The lowest BCUT2D eigenvalue weighted by Gasteiger charge is -2.35. The van der Waals surface area contributed by atoms with Gasteiger partial charge in [0.2, 0.25) is 5.91 Å². The topological polar surface area (TPSA) is 131 Å². The maximum Gasteiger partial charge on any atom is 0.267 e. The molecule has 1 saturated heterocycles. The van der Waals surface area contributed by atoms with Gasteiger partial charge in [0.1, 0.15) is 29.8 Å². The summed E-state index contributed by atoms with van der Waals surface area (Å²) in [6, 6.07) is 7.71. The van der Waals surface area contributed by atoms with Crippen molar-refractivity contribution >= 4 is 23.8 Å². The monoisotopic (exact) mass is 445 g/mol. The summed E-state index contributed by atoms with van der Waals surface area (Å²) in [5.74, 6) is -1.42. The van der Waals surface area contributed by atoms with Crippen molar-refractivity contribution in [3.63, 3.8) is 0 Å². The number of piperidine rings is 1. The Bertz CT molecular complexity index is 988. The molecule has 2 atom stereocenters. The number of primary amides is 1. The molecule has 32 heavy (non-hydrogen) atoms. The van der Waals surface area contributed by atoms with Gasteiger partial charge in [-0.2, -0.15) is 5.10 Å². The normalized spacial score (nSPS) is 20.0. The molecule has 4 N–H and O–H groups in total. The van der Waals surface area contributed by atoms with E-state index in [0.717, 1.165) is 5.56 Å². The Labute approximate surface area is 184 Å². The molecule has 4 rings (SSSR count). The van der Waals surface area contributed by atoms with Crippen molar-refractivity contribution in [2.45, 2.75) is 25.6 Å². The van der Waals surface area contributed by atoms with Crippen molar-refractivity contribution in [3.8, 4) is 0 Å². The van der Waals surface area contributed by atoms with E-state index in [2.05, 4.69) is 15.1 Å². The minimum Gasteiger partial charge on any atom is -0.364 e. The van der Waals surface area contributed by atoms with Crippen LogP contribution in [0.15, 0.2) is 41.8 Å². The highest BCUT2D eigenvalue weighted by Crippen LogP contribution is 2.26. The van der Waals surface area contributed by atoms with Gasteiger partial charge in [-0.1, -0.05) is 12.1 Å². The van der Waals surface area contributed by atoms with Crippen LogP contribution >= 0.6 is 0 Å². The lowest BCUT2D eigenvalue weighted by atomic mass is 9.93. The van der Waals surface area contributed by atoms with Gasteiger partial charge in [0.15, 0.2) is 0 Å². The highest BCUT2D eigenvalue weighted by molar-refractivity contribution is 5.91. The number of carbonyl (C=O) groups excluding carboxylic acids is 2. The van der Waals surface area contributed by atoms with Gasteiger partial charge in [-0.25, -0.2) is 23.8 Å². The van der Waals surface area contributed by atoms with Crippen molar-refractivity contribution in [2.24, 2.45) is 22.5 Å². The second-order valence-electron chi connectivity index (χ2n) is 7.37. The summed E-state index contributed by atoms with van der Waals surface area (Å²) in [6.07, 6.45) is 2.63. The number of rotatable bonds is 4. The molecule has 0 spiro atoms. The van der Waals surface area contributed by atoms with Crippen molar-refractivity contribution in [3.05, 3.63) is 53.7 Å². The smallest absolute Gasteiger partial charge is 0.267 e. The summed E-state index contributed by atoms with van der Waals surface area (Å²) in [5, 5.41) is 5.30. The lowest BCUT2D eigenvalue weighted by molar-refractivity contribution is -0.137. The molecular weight excluding hydrogens is 420 g/mol. The Morgan fingerprint density at radius 1 is 1.19 bits per heavy atom. The Morgan fingerprint density at radius 3 is 2.59 bits per heavy atom. The fourth-order valence-corrected chi connectivity index (χ4v) is 3.46. The minimum absolute atomic E-state index is 0.0309. The molecule has 2 aliphatic heterocycles. The molecule has 0 radical (unpaired) electrons. The molecule has 2 amide bonds. The van der Waals surface area contributed by atoms with Gasteiger partial charge < -0.3 is 16.4 Å². The number of nitrogens with two attached hydrogens (primary N) is 2. The van der Waals surface area contributed by atoms with Crippen molar-refractivity contribution in [1.29, 1.82) is 0 Å². The number of nitrogens with zero attached hydrogens (tertiary/aromatic N) is 5. The average molecular weight is 445 g/mol. The van der Waals surface area contributed by atoms with Crippen molar-refractivity contribution in [1.82, 2.24) is 15.0 Å². The maximum absolute atomic E-state index is 14.5. The zero-order valence-corrected chi connectivity index (χ0v) is 17.4. The second-order valence-corrected chi connectivity index (χ2v) is 7.37.